The Kier molecular flexibility index (Phi) is 8.06. The van der Waals surface area contributed by atoms with E-state index >= 15 is 0 Å². The van der Waals surface area contributed by atoms with Gasteiger partial charge in [0.1, 0.15) is 0 Å². The van der Waals surface area contributed by atoms with E-state index in [4.69, 9.17) is 0 Å². The molecule has 0 spiro atoms. The second kappa shape index (κ2) is 8.12. The van der Waals surface area contributed by atoms with Gasteiger partial charge in [-0.1, -0.05) is 0 Å². The molecule has 5 heteroatoms. The van der Waals surface area contributed by atoms with Crippen LogP contribution in [0.5, 0.6) is 0 Å². The maximum absolute atomic E-state index is 11.6. The summed E-state index contributed by atoms with van der Waals surface area (Å²) in [7, 11) is -2.91. The summed E-state index contributed by atoms with van der Waals surface area (Å²) in [6, 6.07) is 1.04. The molecule has 0 aliphatic heterocycles. The van der Waals surface area contributed by atoms with E-state index in [1.54, 1.807) is 13.8 Å². The summed E-state index contributed by atoms with van der Waals surface area (Å²) in [4.78, 5) is 2.39. The molecule has 0 rings (SSSR count). The molecule has 0 saturated carbocycles. The Bertz CT molecular complexity index is 303. The van der Waals surface area contributed by atoms with Gasteiger partial charge in [-0.3, -0.25) is 4.90 Å². The van der Waals surface area contributed by atoms with E-state index in [1.807, 2.05) is 0 Å². The standard InChI is InChI=1S/C13H30N2O2S/c1-11(2)15(12(3)4)9-7-14-8-10-18(16,17)13(5)6/h11-14H,7-10H2,1-6H3. The normalized spacial score (nSPS) is 13.2. The summed E-state index contributed by atoms with van der Waals surface area (Å²) < 4.78 is 23.2. The van der Waals surface area contributed by atoms with Crippen molar-refractivity contribution in [3.05, 3.63) is 0 Å². The molecule has 110 valence electrons. The molecule has 0 amide bonds. The molecule has 0 saturated heterocycles. The van der Waals surface area contributed by atoms with Crippen molar-refractivity contribution in [3.8, 4) is 0 Å². The Morgan fingerprint density at radius 3 is 1.83 bits per heavy atom. The fourth-order valence-corrected chi connectivity index (χ4v) is 2.80. The second-order valence-electron chi connectivity index (χ2n) is 5.59. The average Bonchev–Trinajstić information content (AvgIpc) is 2.21. The van der Waals surface area contributed by atoms with Crippen LogP contribution in [-0.2, 0) is 9.84 Å². The van der Waals surface area contributed by atoms with Gasteiger partial charge < -0.3 is 5.32 Å². The molecule has 0 radical (unpaired) electrons. The van der Waals surface area contributed by atoms with E-state index < -0.39 is 9.84 Å². The van der Waals surface area contributed by atoms with Crippen molar-refractivity contribution in [2.75, 3.05) is 25.4 Å². The number of sulfone groups is 1. The van der Waals surface area contributed by atoms with Crippen LogP contribution in [0.15, 0.2) is 0 Å². The van der Waals surface area contributed by atoms with Crippen LogP contribution in [-0.4, -0.2) is 56.0 Å². The van der Waals surface area contributed by atoms with E-state index in [0.717, 1.165) is 13.1 Å². The van der Waals surface area contributed by atoms with E-state index in [-0.39, 0.29) is 11.0 Å². The smallest absolute Gasteiger partial charge is 0.153 e. The van der Waals surface area contributed by atoms with Crippen molar-refractivity contribution in [3.63, 3.8) is 0 Å². The number of nitrogens with one attached hydrogen (secondary N) is 1. The SMILES string of the molecule is CC(C)N(CCNCCS(=O)(=O)C(C)C)C(C)C. The Morgan fingerprint density at radius 1 is 0.944 bits per heavy atom. The Hall–Kier alpha value is -0.130. The largest absolute Gasteiger partial charge is 0.314 e. The lowest BCUT2D eigenvalue weighted by Crippen LogP contribution is -2.42. The van der Waals surface area contributed by atoms with Crippen molar-refractivity contribution in [1.82, 2.24) is 10.2 Å². The third-order valence-corrected chi connectivity index (χ3v) is 5.36. The maximum Gasteiger partial charge on any atom is 0.153 e. The topological polar surface area (TPSA) is 49.4 Å². The summed E-state index contributed by atoms with van der Waals surface area (Å²) in [5.41, 5.74) is 0. The molecule has 4 nitrogen and oxygen atoms in total. The first-order chi connectivity index (χ1) is 8.18. The zero-order valence-electron chi connectivity index (χ0n) is 12.7. The third kappa shape index (κ3) is 6.71. The Morgan fingerprint density at radius 2 is 1.44 bits per heavy atom. The number of hydrogen-bond acceptors (Lipinski definition) is 4. The summed E-state index contributed by atoms with van der Waals surface area (Å²) in [5.74, 6) is 0.230. The predicted octanol–water partition coefficient (Wildman–Crippen LogP) is 1.52. The van der Waals surface area contributed by atoms with Crippen LogP contribution >= 0.6 is 0 Å². The number of nitrogens with zero attached hydrogens (tertiary/aromatic N) is 1. The van der Waals surface area contributed by atoms with Gasteiger partial charge in [-0.15, -0.1) is 0 Å². The Balaban J connectivity index is 3.87. The molecular formula is C13H30N2O2S. The highest BCUT2D eigenvalue weighted by Crippen LogP contribution is 2.03. The highest BCUT2D eigenvalue weighted by Gasteiger charge is 2.15. The molecule has 0 fully saturated rings. The van der Waals surface area contributed by atoms with Crippen LogP contribution in [0, 0.1) is 0 Å². The van der Waals surface area contributed by atoms with Crippen LogP contribution in [0.2, 0.25) is 0 Å². The molecule has 0 bridgehead atoms. The van der Waals surface area contributed by atoms with Crippen LogP contribution < -0.4 is 5.32 Å². The van der Waals surface area contributed by atoms with Crippen molar-refractivity contribution >= 4 is 9.84 Å². The van der Waals surface area contributed by atoms with Gasteiger partial charge in [0.2, 0.25) is 0 Å². The molecule has 0 atom stereocenters. The van der Waals surface area contributed by atoms with Crippen molar-refractivity contribution in [1.29, 1.82) is 0 Å². The highest BCUT2D eigenvalue weighted by molar-refractivity contribution is 7.92. The zero-order chi connectivity index (χ0) is 14.3. The molecular weight excluding hydrogens is 248 g/mol. The molecule has 0 heterocycles. The molecule has 0 aliphatic carbocycles. The zero-order valence-corrected chi connectivity index (χ0v) is 13.5. The van der Waals surface area contributed by atoms with Crippen molar-refractivity contribution in [2.24, 2.45) is 0 Å². The predicted molar refractivity (Wildman–Crippen MR) is 78.8 cm³/mol. The van der Waals surface area contributed by atoms with E-state index in [0.29, 0.717) is 18.6 Å². The summed E-state index contributed by atoms with van der Waals surface area (Å²) >= 11 is 0. The van der Waals surface area contributed by atoms with Gasteiger partial charge >= 0.3 is 0 Å². The van der Waals surface area contributed by atoms with E-state index in [9.17, 15) is 8.42 Å². The summed E-state index contributed by atoms with van der Waals surface area (Å²) in [6.07, 6.45) is 0. The summed E-state index contributed by atoms with van der Waals surface area (Å²) in [6.45, 7) is 14.5. The second-order valence-corrected chi connectivity index (χ2v) is 8.27. The fourth-order valence-electron chi connectivity index (χ4n) is 1.90. The van der Waals surface area contributed by atoms with Crippen molar-refractivity contribution in [2.45, 2.75) is 58.9 Å². The summed E-state index contributed by atoms with van der Waals surface area (Å²) in [5, 5.41) is 2.94. The average molecular weight is 278 g/mol. The third-order valence-electron chi connectivity index (χ3n) is 3.15. The quantitative estimate of drug-likeness (QED) is 0.650. The first kappa shape index (κ1) is 17.9. The highest BCUT2D eigenvalue weighted by atomic mass is 32.2. The van der Waals surface area contributed by atoms with Gasteiger partial charge in [0.15, 0.2) is 9.84 Å². The van der Waals surface area contributed by atoms with Gasteiger partial charge in [0.05, 0.1) is 11.0 Å². The van der Waals surface area contributed by atoms with Crippen LogP contribution in [0.1, 0.15) is 41.5 Å². The first-order valence-electron chi connectivity index (χ1n) is 6.86. The van der Waals surface area contributed by atoms with Gasteiger partial charge in [0, 0.05) is 31.7 Å². The maximum atomic E-state index is 11.6. The number of rotatable bonds is 9. The van der Waals surface area contributed by atoms with Crippen LogP contribution in [0.25, 0.3) is 0 Å². The lowest BCUT2D eigenvalue weighted by atomic mass is 10.2. The molecule has 0 aromatic carbocycles. The van der Waals surface area contributed by atoms with Crippen LogP contribution in [0.4, 0.5) is 0 Å². The monoisotopic (exact) mass is 278 g/mol. The molecule has 18 heavy (non-hydrogen) atoms. The Labute approximate surface area is 113 Å². The van der Waals surface area contributed by atoms with Gasteiger partial charge in [-0.2, -0.15) is 0 Å². The van der Waals surface area contributed by atoms with Crippen LogP contribution in [0.3, 0.4) is 0 Å². The van der Waals surface area contributed by atoms with Gasteiger partial charge in [-0.25, -0.2) is 8.42 Å². The lowest BCUT2D eigenvalue weighted by Gasteiger charge is -2.30. The van der Waals surface area contributed by atoms with E-state index in [1.165, 1.54) is 0 Å². The van der Waals surface area contributed by atoms with E-state index in [2.05, 4.69) is 37.9 Å². The minimum atomic E-state index is -2.91. The van der Waals surface area contributed by atoms with Gasteiger partial charge in [-0.05, 0) is 41.5 Å². The number of hydrogen-bond donors (Lipinski definition) is 1. The molecule has 1 N–H and O–H groups in total. The minimum Gasteiger partial charge on any atom is -0.314 e. The molecule has 0 aliphatic rings. The molecule has 0 aromatic heterocycles. The molecule has 0 unspecified atom stereocenters. The molecule has 0 aromatic rings. The van der Waals surface area contributed by atoms with Crippen molar-refractivity contribution < 1.29 is 8.42 Å². The van der Waals surface area contributed by atoms with Gasteiger partial charge in [0.25, 0.3) is 0 Å². The fraction of sp³-hybridized carbons (Fsp3) is 1.00. The lowest BCUT2D eigenvalue weighted by molar-refractivity contribution is 0.176. The minimum absolute atomic E-state index is 0.230. The first-order valence-corrected chi connectivity index (χ1v) is 8.58.